The van der Waals surface area contributed by atoms with Crippen LogP contribution in [0.5, 0.6) is 0 Å². The SMILES string of the molecule is Cc1cccnc1N1CC=C(C(=O)Nc2ccc(C(F)(F)F)cc2)CC1. The third-order valence-electron chi connectivity index (χ3n) is 4.25. The zero-order valence-electron chi connectivity index (χ0n) is 14.2. The second-order valence-corrected chi connectivity index (χ2v) is 6.10. The monoisotopic (exact) mass is 361 g/mol. The normalized spacial score (nSPS) is 14.8. The molecule has 1 aliphatic rings. The topological polar surface area (TPSA) is 45.2 Å². The molecule has 0 saturated heterocycles. The van der Waals surface area contributed by atoms with E-state index in [9.17, 15) is 18.0 Å². The molecule has 1 aliphatic heterocycles. The van der Waals surface area contributed by atoms with E-state index in [2.05, 4.69) is 15.2 Å². The molecule has 3 rings (SSSR count). The minimum absolute atomic E-state index is 0.290. The maximum Gasteiger partial charge on any atom is 0.416 e. The van der Waals surface area contributed by atoms with E-state index in [-0.39, 0.29) is 5.91 Å². The number of benzene rings is 1. The summed E-state index contributed by atoms with van der Waals surface area (Å²) in [7, 11) is 0. The number of carbonyl (C=O) groups is 1. The Morgan fingerprint density at radius 2 is 1.92 bits per heavy atom. The number of aromatic nitrogens is 1. The van der Waals surface area contributed by atoms with Gasteiger partial charge in [-0.05, 0) is 49.2 Å². The highest BCUT2D eigenvalue weighted by Gasteiger charge is 2.30. The minimum Gasteiger partial charge on any atom is -0.352 e. The molecule has 0 spiro atoms. The van der Waals surface area contributed by atoms with Gasteiger partial charge in [0.2, 0.25) is 0 Å². The standard InChI is InChI=1S/C19H18F3N3O/c1-13-3-2-10-23-17(13)25-11-8-14(9-12-25)18(26)24-16-6-4-15(5-7-16)19(20,21)22/h2-8,10H,9,11-12H2,1H3,(H,24,26). The number of hydrogen-bond donors (Lipinski definition) is 1. The first-order chi connectivity index (χ1) is 12.3. The molecule has 26 heavy (non-hydrogen) atoms. The summed E-state index contributed by atoms with van der Waals surface area (Å²) in [5, 5.41) is 2.65. The Balaban J connectivity index is 1.63. The fraction of sp³-hybridized carbons (Fsp3) is 0.263. The van der Waals surface area contributed by atoms with Crippen molar-refractivity contribution in [2.45, 2.75) is 19.5 Å². The highest BCUT2D eigenvalue weighted by molar-refractivity contribution is 6.04. The van der Waals surface area contributed by atoms with E-state index in [0.717, 1.165) is 23.5 Å². The van der Waals surface area contributed by atoms with Gasteiger partial charge in [-0.15, -0.1) is 0 Å². The van der Waals surface area contributed by atoms with Crippen molar-refractivity contribution >= 4 is 17.4 Å². The minimum atomic E-state index is -4.39. The quantitative estimate of drug-likeness (QED) is 0.892. The van der Waals surface area contributed by atoms with Crippen molar-refractivity contribution in [3.63, 3.8) is 0 Å². The predicted molar refractivity (Wildman–Crippen MR) is 94.0 cm³/mol. The number of pyridine rings is 1. The third-order valence-corrected chi connectivity index (χ3v) is 4.25. The molecule has 1 amide bonds. The fourth-order valence-electron chi connectivity index (χ4n) is 2.83. The Hall–Kier alpha value is -2.83. The molecule has 0 aliphatic carbocycles. The number of nitrogens with zero attached hydrogens (tertiary/aromatic N) is 2. The Morgan fingerprint density at radius 3 is 2.50 bits per heavy atom. The van der Waals surface area contributed by atoms with Gasteiger partial charge in [-0.1, -0.05) is 12.1 Å². The lowest BCUT2D eigenvalue weighted by atomic mass is 10.1. The van der Waals surface area contributed by atoms with E-state index >= 15 is 0 Å². The summed E-state index contributed by atoms with van der Waals surface area (Å²) >= 11 is 0. The van der Waals surface area contributed by atoms with Gasteiger partial charge >= 0.3 is 6.18 Å². The summed E-state index contributed by atoms with van der Waals surface area (Å²) in [6.07, 6.45) is -0.278. The van der Waals surface area contributed by atoms with Crippen LogP contribution in [0.2, 0.25) is 0 Å². The Bertz CT molecular complexity index is 829. The van der Waals surface area contributed by atoms with Gasteiger partial charge in [-0.2, -0.15) is 13.2 Å². The van der Waals surface area contributed by atoms with Crippen LogP contribution in [0.4, 0.5) is 24.7 Å². The highest BCUT2D eigenvalue weighted by Crippen LogP contribution is 2.30. The van der Waals surface area contributed by atoms with Crippen LogP contribution in [0.3, 0.4) is 0 Å². The number of amides is 1. The van der Waals surface area contributed by atoms with E-state index in [1.165, 1.54) is 12.1 Å². The lowest BCUT2D eigenvalue weighted by molar-refractivity contribution is -0.137. The maximum absolute atomic E-state index is 12.6. The fourth-order valence-corrected chi connectivity index (χ4v) is 2.83. The molecule has 0 saturated carbocycles. The van der Waals surface area contributed by atoms with Gasteiger partial charge in [-0.25, -0.2) is 4.98 Å². The van der Waals surface area contributed by atoms with E-state index in [0.29, 0.717) is 30.8 Å². The largest absolute Gasteiger partial charge is 0.416 e. The second-order valence-electron chi connectivity index (χ2n) is 6.10. The summed E-state index contributed by atoms with van der Waals surface area (Å²) in [6.45, 7) is 3.20. The number of nitrogens with one attached hydrogen (secondary N) is 1. The number of rotatable bonds is 3. The summed E-state index contributed by atoms with van der Waals surface area (Å²) < 4.78 is 37.7. The third kappa shape index (κ3) is 4.04. The molecule has 1 aromatic heterocycles. The molecule has 0 fully saturated rings. The van der Waals surface area contributed by atoms with Crippen molar-refractivity contribution in [3.05, 3.63) is 65.4 Å². The van der Waals surface area contributed by atoms with Crippen LogP contribution in [-0.4, -0.2) is 24.0 Å². The van der Waals surface area contributed by atoms with Crippen molar-refractivity contribution in [2.75, 3.05) is 23.3 Å². The molecular weight excluding hydrogens is 343 g/mol. The average Bonchev–Trinajstić information content (AvgIpc) is 2.62. The summed E-state index contributed by atoms with van der Waals surface area (Å²) in [5.74, 6) is 0.605. The number of anilines is 2. The molecule has 7 heteroatoms. The molecule has 0 unspecified atom stereocenters. The maximum atomic E-state index is 12.6. The van der Waals surface area contributed by atoms with Crippen LogP contribution in [-0.2, 0) is 11.0 Å². The van der Waals surface area contributed by atoms with Crippen LogP contribution in [0, 0.1) is 6.92 Å². The van der Waals surface area contributed by atoms with Crippen LogP contribution in [0.25, 0.3) is 0 Å². The first-order valence-corrected chi connectivity index (χ1v) is 8.19. The van der Waals surface area contributed by atoms with Crippen LogP contribution in [0.15, 0.2) is 54.2 Å². The molecule has 136 valence electrons. The number of carbonyl (C=O) groups excluding carboxylic acids is 1. The highest BCUT2D eigenvalue weighted by atomic mass is 19.4. The van der Waals surface area contributed by atoms with Gasteiger partial charge in [0.15, 0.2) is 0 Å². The van der Waals surface area contributed by atoms with Crippen LogP contribution >= 0.6 is 0 Å². The molecule has 0 bridgehead atoms. The number of alkyl halides is 3. The summed E-state index contributed by atoms with van der Waals surface area (Å²) in [5.41, 5.74) is 1.29. The lowest BCUT2D eigenvalue weighted by Gasteiger charge is -2.28. The predicted octanol–water partition coefficient (Wildman–Crippen LogP) is 4.18. The Labute approximate surface area is 149 Å². The van der Waals surface area contributed by atoms with Gasteiger partial charge in [0.1, 0.15) is 5.82 Å². The van der Waals surface area contributed by atoms with E-state index in [4.69, 9.17) is 0 Å². The molecule has 2 aromatic rings. The van der Waals surface area contributed by atoms with E-state index in [1.807, 2.05) is 25.1 Å². The molecule has 1 aromatic carbocycles. The van der Waals surface area contributed by atoms with E-state index in [1.54, 1.807) is 6.20 Å². The van der Waals surface area contributed by atoms with Crippen molar-refractivity contribution in [2.24, 2.45) is 0 Å². The molecular formula is C19H18F3N3O. The molecule has 1 N–H and O–H groups in total. The first-order valence-electron chi connectivity index (χ1n) is 8.19. The van der Waals surface area contributed by atoms with Gasteiger partial charge < -0.3 is 10.2 Å². The van der Waals surface area contributed by atoms with E-state index < -0.39 is 11.7 Å². The Kier molecular flexibility index (Phi) is 4.97. The smallest absolute Gasteiger partial charge is 0.352 e. The summed E-state index contributed by atoms with van der Waals surface area (Å²) in [4.78, 5) is 18.8. The molecule has 4 nitrogen and oxygen atoms in total. The summed E-state index contributed by atoms with van der Waals surface area (Å²) in [6, 6.07) is 8.29. The van der Waals surface area contributed by atoms with Crippen LogP contribution in [0.1, 0.15) is 17.5 Å². The number of hydrogen-bond acceptors (Lipinski definition) is 3. The zero-order valence-corrected chi connectivity index (χ0v) is 14.2. The number of halogens is 3. The van der Waals surface area contributed by atoms with Gasteiger partial charge in [0, 0.05) is 30.5 Å². The number of aryl methyl sites for hydroxylation is 1. The first kappa shape index (κ1) is 18.0. The molecule has 0 radical (unpaired) electrons. The Morgan fingerprint density at radius 1 is 1.19 bits per heavy atom. The lowest BCUT2D eigenvalue weighted by Crippen LogP contribution is -2.32. The van der Waals surface area contributed by atoms with Crippen molar-refractivity contribution < 1.29 is 18.0 Å². The second kappa shape index (κ2) is 7.19. The van der Waals surface area contributed by atoms with Gasteiger partial charge in [0.25, 0.3) is 5.91 Å². The average molecular weight is 361 g/mol. The van der Waals surface area contributed by atoms with Crippen molar-refractivity contribution in [1.82, 2.24) is 4.98 Å². The van der Waals surface area contributed by atoms with Crippen LogP contribution < -0.4 is 10.2 Å². The van der Waals surface area contributed by atoms with Gasteiger partial charge in [-0.3, -0.25) is 4.79 Å². The van der Waals surface area contributed by atoms with Crippen molar-refractivity contribution in [1.29, 1.82) is 0 Å². The molecule has 2 heterocycles. The zero-order chi connectivity index (χ0) is 18.7. The van der Waals surface area contributed by atoms with Gasteiger partial charge in [0.05, 0.1) is 5.56 Å². The molecule has 0 atom stereocenters. The van der Waals surface area contributed by atoms with Crippen molar-refractivity contribution in [3.8, 4) is 0 Å².